The molecule has 0 saturated carbocycles. The number of hydrogen-bond donors (Lipinski definition) is 1. The number of hydrogen-bond acceptors (Lipinski definition) is 4. The van der Waals surface area contributed by atoms with Crippen LogP contribution in [0.2, 0.25) is 5.02 Å². The summed E-state index contributed by atoms with van der Waals surface area (Å²) in [6, 6.07) is 13.4. The number of nitrogens with zero attached hydrogens (tertiary/aromatic N) is 1. The molecule has 140 valence electrons. The number of carbonyl (C=O) groups excluding carboxylic acids is 1. The zero-order valence-corrected chi connectivity index (χ0v) is 16.3. The van der Waals surface area contributed by atoms with Crippen LogP contribution in [-0.4, -0.2) is 33.2 Å². The monoisotopic (exact) mass is 396 g/mol. The molecule has 0 atom stereocenters. The van der Waals surface area contributed by atoms with Gasteiger partial charge in [-0.25, -0.2) is 8.42 Å². The van der Waals surface area contributed by atoms with E-state index in [1.54, 1.807) is 48.5 Å². The van der Waals surface area contributed by atoms with Crippen molar-refractivity contribution in [3.05, 3.63) is 53.6 Å². The number of rotatable bonds is 7. The fourth-order valence-electron chi connectivity index (χ4n) is 2.28. The second kappa shape index (κ2) is 8.42. The highest BCUT2D eigenvalue weighted by Crippen LogP contribution is 2.30. The van der Waals surface area contributed by atoms with Gasteiger partial charge in [0.1, 0.15) is 12.3 Å². The minimum Gasteiger partial charge on any atom is -0.489 e. The SMILES string of the molecule is CC(C)Oc1ccccc1N(CC(=O)Nc1ccccc1Cl)S(C)(=O)=O. The number of carbonyl (C=O) groups is 1. The highest BCUT2D eigenvalue weighted by molar-refractivity contribution is 7.92. The lowest BCUT2D eigenvalue weighted by atomic mass is 10.2. The van der Waals surface area contributed by atoms with Gasteiger partial charge < -0.3 is 10.1 Å². The summed E-state index contributed by atoms with van der Waals surface area (Å²) in [4.78, 5) is 12.4. The molecule has 2 rings (SSSR count). The van der Waals surface area contributed by atoms with Crippen molar-refractivity contribution in [2.24, 2.45) is 0 Å². The molecular weight excluding hydrogens is 376 g/mol. The molecule has 2 aromatic rings. The molecule has 0 radical (unpaired) electrons. The van der Waals surface area contributed by atoms with Crippen LogP contribution in [0.4, 0.5) is 11.4 Å². The molecule has 0 bridgehead atoms. The van der Waals surface area contributed by atoms with E-state index in [0.717, 1.165) is 10.6 Å². The molecule has 0 aliphatic rings. The summed E-state index contributed by atoms with van der Waals surface area (Å²) in [5.74, 6) is -0.124. The summed E-state index contributed by atoms with van der Waals surface area (Å²) in [6.07, 6.45) is 0.900. The van der Waals surface area contributed by atoms with E-state index in [-0.39, 0.29) is 6.10 Å². The number of halogens is 1. The first-order valence-electron chi connectivity index (χ1n) is 7.96. The third-order valence-electron chi connectivity index (χ3n) is 3.33. The van der Waals surface area contributed by atoms with Crippen molar-refractivity contribution in [1.82, 2.24) is 0 Å². The first-order chi connectivity index (χ1) is 12.2. The Morgan fingerprint density at radius 2 is 1.77 bits per heavy atom. The molecule has 0 aliphatic heterocycles. The zero-order valence-electron chi connectivity index (χ0n) is 14.8. The predicted molar refractivity (Wildman–Crippen MR) is 104 cm³/mol. The number of anilines is 2. The average molecular weight is 397 g/mol. The van der Waals surface area contributed by atoms with E-state index < -0.39 is 22.5 Å². The Kier molecular flexibility index (Phi) is 6.50. The quantitative estimate of drug-likeness (QED) is 0.776. The van der Waals surface area contributed by atoms with E-state index in [9.17, 15) is 13.2 Å². The van der Waals surface area contributed by atoms with Gasteiger partial charge in [0, 0.05) is 0 Å². The number of para-hydroxylation sites is 3. The summed E-state index contributed by atoms with van der Waals surface area (Å²) in [5.41, 5.74) is 0.720. The number of ether oxygens (including phenoxy) is 1. The maximum absolute atomic E-state index is 12.4. The summed E-state index contributed by atoms with van der Waals surface area (Å²) in [5, 5.41) is 3.00. The van der Waals surface area contributed by atoms with Gasteiger partial charge in [-0.2, -0.15) is 0 Å². The standard InChI is InChI=1S/C18H21ClN2O4S/c1-13(2)25-17-11-7-6-10-16(17)21(26(3,23)24)12-18(22)20-15-9-5-4-8-14(15)19/h4-11,13H,12H2,1-3H3,(H,20,22). The van der Waals surface area contributed by atoms with Gasteiger partial charge in [0.15, 0.2) is 0 Å². The number of amides is 1. The van der Waals surface area contributed by atoms with Gasteiger partial charge in [0.05, 0.1) is 28.8 Å². The van der Waals surface area contributed by atoms with Crippen molar-refractivity contribution in [2.75, 3.05) is 22.4 Å². The van der Waals surface area contributed by atoms with E-state index >= 15 is 0 Å². The molecule has 1 amide bonds. The van der Waals surface area contributed by atoms with Crippen LogP contribution < -0.4 is 14.4 Å². The van der Waals surface area contributed by atoms with Crippen LogP contribution in [0.25, 0.3) is 0 Å². The Bertz CT molecular complexity index is 884. The molecular formula is C18H21ClN2O4S. The van der Waals surface area contributed by atoms with Gasteiger partial charge in [-0.15, -0.1) is 0 Å². The second-order valence-electron chi connectivity index (χ2n) is 5.93. The Balaban J connectivity index is 2.30. The number of nitrogens with one attached hydrogen (secondary N) is 1. The molecule has 0 fully saturated rings. The smallest absolute Gasteiger partial charge is 0.245 e. The molecule has 0 aliphatic carbocycles. The van der Waals surface area contributed by atoms with Crippen molar-refractivity contribution in [3.63, 3.8) is 0 Å². The maximum atomic E-state index is 12.4. The first-order valence-corrected chi connectivity index (χ1v) is 10.2. The van der Waals surface area contributed by atoms with Crippen LogP contribution in [0, 0.1) is 0 Å². The van der Waals surface area contributed by atoms with Crippen LogP contribution in [0.5, 0.6) is 5.75 Å². The Morgan fingerprint density at radius 3 is 2.38 bits per heavy atom. The minimum absolute atomic E-state index is 0.144. The molecule has 0 aromatic heterocycles. The van der Waals surface area contributed by atoms with Crippen molar-refractivity contribution >= 4 is 38.9 Å². The van der Waals surface area contributed by atoms with Crippen molar-refractivity contribution in [3.8, 4) is 5.75 Å². The topological polar surface area (TPSA) is 75.7 Å². The average Bonchev–Trinajstić information content (AvgIpc) is 2.54. The van der Waals surface area contributed by atoms with Gasteiger partial charge in [0.2, 0.25) is 15.9 Å². The summed E-state index contributed by atoms with van der Waals surface area (Å²) in [7, 11) is -3.71. The van der Waals surface area contributed by atoms with Crippen LogP contribution >= 0.6 is 11.6 Å². The van der Waals surface area contributed by atoms with E-state index in [2.05, 4.69) is 5.32 Å². The molecule has 0 spiro atoms. The normalized spacial score (nSPS) is 11.3. The molecule has 26 heavy (non-hydrogen) atoms. The largest absolute Gasteiger partial charge is 0.489 e. The molecule has 8 heteroatoms. The van der Waals surface area contributed by atoms with E-state index in [0.29, 0.717) is 22.1 Å². The van der Waals surface area contributed by atoms with Crippen LogP contribution in [-0.2, 0) is 14.8 Å². The predicted octanol–water partition coefficient (Wildman–Crippen LogP) is 3.53. The molecule has 0 saturated heterocycles. The van der Waals surface area contributed by atoms with Gasteiger partial charge in [-0.3, -0.25) is 9.10 Å². The van der Waals surface area contributed by atoms with Crippen molar-refractivity contribution < 1.29 is 17.9 Å². The molecule has 0 unspecified atom stereocenters. The molecule has 2 aromatic carbocycles. The van der Waals surface area contributed by atoms with Crippen LogP contribution in [0.3, 0.4) is 0 Å². The summed E-state index contributed by atoms with van der Waals surface area (Å²) in [6.45, 7) is 3.28. The minimum atomic E-state index is -3.71. The summed E-state index contributed by atoms with van der Waals surface area (Å²) < 4.78 is 31.3. The fraction of sp³-hybridized carbons (Fsp3) is 0.278. The lowest BCUT2D eigenvalue weighted by molar-refractivity contribution is -0.114. The summed E-state index contributed by atoms with van der Waals surface area (Å²) >= 11 is 6.03. The highest BCUT2D eigenvalue weighted by atomic mass is 35.5. The Morgan fingerprint density at radius 1 is 1.15 bits per heavy atom. The van der Waals surface area contributed by atoms with Gasteiger partial charge in [-0.1, -0.05) is 35.9 Å². The fourth-order valence-corrected chi connectivity index (χ4v) is 3.32. The third kappa shape index (κ3) is 5.37. The lowest BCUT2D eigenvalue weighted by Gasteiger charge is -2.25. The highest BCUT2D eigenvalue weighted by Gasteiger charge is 2.24. The van der Waals surface area contributed by atoms with Crippen LogP contribution in [0.15, 0.2) is 48.5 Å². The lowest BCUT2D eigenvalue weighted by Crippen LogP contribution is -2.37. The Hall–Kier alpha value is -2.25. The molecule has 0 heterocycles. The molecule has 6 nitrogen and oxygen atoms in total. The number of benzene rings is 2. The molecule has 1 N–H and O–H groups in total. The van der Waals surface area contributed by atoms with E-state index in [1.807, 2.05) is 13.8 Å². The number of sulfonamides is 1. The third-order valence-corrected chi connectivity index (χ3v) is 4.79. The zero-order chi connectivity index (χ0) is 19.3. The van der Waals surface area contributed by atoms with Gasteiger partial charge >= 0.3 is 0 Å². The van der Waals surface area contributed by atoms with E-state index in [1.165, 1.54) is 0 Å². The van der Waals surface area contributed by atoms with Gasteiger partial charge in [-0.05, 0) is 38.1 Å². The van der Waals surface area contributed by atoms with E-state index in [4.69, 9.17) is 16.3 Å². The Labute approximate surface area is 158 Å². The van der Waals surface area contributed by atoms with Gasteiger partial charge in [0.25, 0.3) is 0 Å². The maximum Gasteiger partial charge on any atom is 0.245 e. The van der Waals surface area contributed by atoms with Crippen molar-refractivity contribution in [1.29, 1.82) is 0 Å². The van der Waals surface area contributed by atoms with Crippen LogP contribution in [0.1, 0.15) is 13.8 Å². The van der Waals surface area contributed by atoms with Crippen molar-refractivity contribution in [2.45, 2.75) is 20.0 Å². The first kappa shape index (κ1) is 20.1. The second-order valence-corrected chi connectivity index (χ2v) is 8.25.